The van der Waals surface area contributed by atoms with Gasteiger partial charge in [0, 0.05) is 18.2 Å². The molecule has 1 atom stereocenters. The van der Waals surface area contributed by atoms with Gasteiger partial charge >= 0.3 is 5.97 Å². The SMILES string of the molecule is CC(C)Nc1nc(/C(C=NCc2cccc(N3CCC[C@@H]3C(=O)O)n2)=N/N)cc(-c2cccc(C#N)c2)n1. The van der Waals surface area contributed by atoms with E-state index in [1.807, 2.05) is 43.0 Å². The fraction of sp³-hybridized carbons (Fsp3) is 0.296. The molecule has 0 radical (unpaired) electrons. The average Bonchev–Trinajstić information content (AvgIpc) is 3.41. The molecule has 194 valence electrons. The molecule has 1 fully saturated rings. The zero-order chi connectivity index (χ0) is 27.1. The number of nitrogens with two attached hydrogens (primary N) is 1. The molecule has 1 aromatic carbocycles. The van der Waals surface area contributed by atoms with Crippen molar-refractivity contribution in [2.45, 2.75) is 45.3 Å². The van der Waals surface area contributed by atoms with Gasteiger partial charge in [-0.15, -0.1) is 0 Å². The molecule has 4 N–H and O–H groups in total. The average molecular weight is 512 g/mol. The molecule has 1 aliphatic rings. The maximum absolute atomic E-state index is 11.6. The number of anilines is 2. The van der Waals surface area contributed by atoms with Crippen molar-refractivity contribution >= 4 is 29.7 Å². The Bertz CT molecular complexity index is 1410. The smallest absolute Gasteiger partial charge is 0.326 e. The first-order valence-corrected chi connectivity index (χ1v) is 12.3. The first-order chi connectivity index (χ1) is 18.4. The van der Waals surface area contributed by atoms with Gasteiger partial charge in [0.2, 0.25) is 5.95 Å². The predicted molar refractivity (Wildman–Crippen MR) is 146 cm³/mol. The number of nitrogens with zero attached hydrogens (tertiary/aromatic N) is 7. The predicted octanol–water partition coefficient (Wildman–Crippen LogP) is 3.22. The second-order valence-corrected chi connectivity index (χ2v) is 9.11. The number of aliphatic carboxylic acids is 1. The van der Waals surface area contributed by atoms with Crippen LogP contribution in [-0.4, -0.2) is 56.6 Å². The fourth-order valence-corrected chi connectivity index (χ4v) is 4.20. The molecule has 0 aliphatic carbocycles. The molecule has 11 heteroatoms. The van der Waals surface area contributed by atoms with Gasteiger partial charge in [-0.1, -0.05) is 18.2 Å². The summed E-state index contributed by atoms with van der Waals surface area (Å²) in [6, 6.07) is 16.1. The third-order valence-electron chi connectivity index (χ3n) is 5.92. The topological polar surface area (TPSA) is 166 Å². The van der Waals surface area contributed by atoms with Crippen LogP contribution in [0, 0.1) is 11.3 Å². The van der Waals surface area contributed by atoms with Gasteiger partial charge in [0.25, 0.3) is 0 Å². The molecule has 2 aromatic heterocycles. The Labute approximate surface area is 220 Å². The van der Waals surface area contributed by atoms with Crippen molar-refractivity contribution < 1.29 is 9.90 Å². The highest BCUT2D eigenvalue weighted by Crippen LogP contribution is 2.24. The number of aliphatic imine (C=N–C) groups is 1. The van der Waals surface area contributed by atoms with Crippen LogP contribution in [-0.2, 0) is 11.3 Å². The van der Waals surface area contributed by atoms with E-state index >= 15 is 0 Å². The lowest BCUT2D eigenvalue weighted by molar-refractivity contribution is -0.138. The molecule has 0 saturated carbocycles. The van der Waals surface area contributed by atoms with E-state index in [-0.39, 0.29) is 12.6 Å². The Kier molecular flexibility index (Phi) is 8.23. The van der Waals surface area contributed by atoms with Crippen molar-refractivity contribution in [1.82, 2.24) is 15.0 Å². The van der Waals surface area contributed by atoms with E-state index in [0.29, 0.717) is 53.1 Å². The standard InChI is InChI=1S/C27H29N9O2/c1-17(2)31-27-33-21(19-7-3-6-18(12-19)14-28)13-22(34-27)23(35-29)16-30-15-20-8-4-10-25(32-20)36-11-5-9-24(36)26(37)38/h3-4,6-8,10,12-13,16-17,24H,5,9,11,15,29H2,1-2H3,(H,37,38)(H,31,33,34)/b30-16?,35-23+/t24-/m1/s1. The van der Waals surface area contributed by atoms with Crippen molar-refractivity contribution in [2.75, 3.05) is 16.8 Å². The number of hydrogen-bond acceptors (Lipinski definition) is 10. The molecular weight excluding hydrogens is 482 g/mol. The van der Waals surface area contributed by atoms with E-state index in [9.17, 15) is 15.2 Å². The molecule has 38 heavy (non-hydrogen) atoms. The minimum atomic E-state index is -0.841. The van der Waals surface area contributed by atoms with Crippen molar-refractivity contribution in [3.05, 3.63) is 65.5 Å². The first kappa shape index (κ1) is 26.2. The van der Waals surface area contributed by atoms with E-state index < -0.39 is 12.0 Å². The molecule has 11 nitrogen and oxygen atoms in total. The third kappa shape index (κ3) is 6.28. The number of rotatable bonds is 9. The van der Waals surface area contributed by atoms with Crippen molar-refractivity contribution in [2.24, 2.45) is 15.9 Å². The van der Waals surface area contributed by atoms with Crippen molar-refractivity contribution in [3.8, 4) is 17.3 Å². The van der Waals surface area contributed by atoms with Gasteiger partial charge in [-0.05, 0) is 57.0 Å². The summed E-state index contributed by atoms with van der Waals surface area (Å²) in [6.07, 6.45) is 2.94. The lowest BCUT2D eigenvalue weighted by Gasteiger charge is -2.22. The number of carboxylic acid groups (broad SMARTS) is 1. The van der Waals surface area contributed by atoms with Crippen LogP contribution in [0.1, 0.15) is 43.6 Å². The van der Waals surface area contributed by atoms with Crippen LogP contribution in [0.15, 0.2) is 58.6 Å². The van der Waals surface area contributed by atoms with Crippen LogP contribution in [0.4, 0.5) is 11.8 Å². The second kappa shape index (κ2) is 11.9. The highest BCUT2D eigenvalue weighted by atomic mass is 16.4. The fourth-order valence-electron chi connectivity index (χ4n) is 4.20. The van der Waals surface area contributed by atoms with E-state index in [0.717, 1.165) is 12.0 Å². The summed E-state index contributed by atoms with van der Waals surface area (Å²) in [5.74, 6) is 5.90. The number of aromatic nitrogens is 3. The number of carbonyl (C=O) groups is 1. The van der Waals surface area contributed by atoms with E-state index in [1.54, 1.807) is 24.3 Å². The number of hydrogen-bond donors (Lipinski definition) is 3. The van der Waals surface area contributed by atoms with E-state index in [1.165, 1.54) is 6.21 Å². The largest absolute Gasteiger partial charge is 0.480 e. The maximum atomic E-state index is 11.6. The van der Waals surface area contributed by atoms with Crippen LogP contribution >= 0.6 is 0 Å². The summed E-state index contributed by atoms with van der Waals surface area (Å²) in [6.45, 7) is 4.86. The van der Waals surface area contributed by atoms with Gasteiger partial charge in [0.05, 0.1) is 41.5 Å². The summed E-state index contributed by atoms with van der Waals surface area (Å²) in [4.78, 5) is 31.6. The molecule has 0 bridgehead atoms. The zero-order valence-corrected chi connectivity index (χ0v) is 21.2. The van der Waals surface area contributed by atoms with Crippen molar-refractivity contribution in [1.29, 1.82) is 5.26 Å². The summed E-state index contributed by atoms with van der Waals surface area (Å²) >= 11 is 0. The zero-order valence-electron chi connectivity index (χ0n) is 21.2. The Morgan fingerprint density at radius 3 is 2.82 bits per heavy atom. The third-order valence-corrected chi connectivity index (χ3v) is 5.92. The van der Waals surface area contributed by atoms with Gasteiger partial charge in [0.15, 0.2) is 0 Å². The maximum Gasteiger partial charge on any atom is 0.326 e. The van der Waals surface area contributed by atoms with E-state index in [2.05, 4.69) is 36.4 Å². The lowest BCUT2D eigenvalue weighted by Crippen LogP contribution is -2.36. The van der Waals surface area contributed by atoms with Crippen LogP contribution in [0.2, 0.25) is 0 Å². The summed E-state index contributed by atoms with van der Waals surface area (Å²) in [5.41, 5.74) is 3.39. The lowest BCUT2D eigenvalue weighted by atomic mass is 10.1. The number of benzene rings is 1. The molecule has 1 aliphatic heterocycles. The Hall–Kier alpha value is -4.85. The van der Waals surface area contributed by atoms with Crippen LogP contribution < -0.4 is 16.1 Å². The quantitative estimate of drug-likeness (QED) is 0.222. The summed E-state index contributed by atoms with van der Waals surface area (Å²) in [5, 5.41) is 25.9. The Morgan fingerprint density at radius 2 is 2.08 bits per heavy atom. The van der Waals surface area contributed by atoms with Gasteiger partial charge in [0.1, 0.15) is 17.6 Å². The summed E-state index contributed by atoms with van der Waals surface area (Å²) < 4.78 is 0. The Balaban J connectivity index is 1.57. The van der Waals surface area contributed by atoms with Gasteiger partial charge in [-0.2, -0.15) is 10.4 Å². The number of nitriles is 1. The van der Waals surface area contributed by atoms with Gasteiger partial charge < -0.3 is 21.2 Å². The number of nitrogens with one attached hydrogen (secondary N) is 1. The molecule has 0 amide bonds. The van der Waals surface area contributed by atoms with Crippen LogP contribution in [0.25, 0.3) is 11.3 Å². The second-order valence-electron chi connectivity index (χ2n) is 9.11. The van der Waals surface area contributed by atoms with Crippen molar-refractivity contribution in [3.63, 3.8) is 0 Å². The highest BCUT2D eigenvalue weighted by molar-refractivity contribution is 6.37. The monoisotopic (exact) mass is 511 g/mol. The van der Waals surface area contributed by atoms with E-state index in [4.69, 9.17) is 5.84 Å². The van der Waals surface area contributed by atoms with Crippen LogP contribution in [0.3, 0.4) is 0 Å². The number of carboxylic acids is 1. The van der Waals surface area contributed by atoms with Gasteiger partial charge in [-0.3, -0.25) is 4.99 Å². The Morgan fingerprint density at radius 1 is 1.26 bits per heavy atom. The minimum absolute atomic E-state index is 0.0881. The van der Waals surface area contributed by atoms with Crippen LogP contribution in [0.5, 0.6) is 0 Å². The normalized spacial score (nSPS) is 15.7. The van der Waals surface area contributed by atoms with Gasteiger partial charge in [-0.25, -0.2) is 19.7 Å². The molecule has 3 heterocycles. The number of pyridine rings is 1. The highest BCUT2D eigenvalue weighted by Gasteiger charge is 2.31. The molecule has 0 spiro atoms. The first-order valence-electron chi connectivity index (χ1n) is 12.3. The summed E-state index contributed by atoms with van der Waals surface area (Å²) in [7, 11) is 0. The molecule has 4 rings (SSSR count). The number of hydrazone groups is 1. The molecule has 1 saturated heterocycles. The molecule has 3 aromatic rings. The minimum Gasteiger partial charge on any atom is -0.480 e. The molecular formula is C27H29N9O2. The molecule has 0 unspecified atom stereocenters.